The molecule has 10 nitrogen and oxygen atoms in total. The fraction of sp³-hybridized carbons (Fsp3) is 0.263. The number of methoxy groups -OCH3 is 1. The van der Waals surface area contributed by atoms with Crippen LogP contribution in [0.1, 0.15) is 12.0 Å². The van der Waals surface area contributed by atoms with Crippen molar-refractivity contribution in [3.05, 3.63) is 30.1 Å². The number of nitrogens with one attached hydrogen (secondary N) is 2. The molecule has 0 atom stereocenters. The van der Waals surface area contributed by atoms with Crippen molar-refractivity contribution in [1.29, 1.82) is 0 Å². The highest BCUT2D eigenvalue weighted by atomic mass is 32.2. The molecular formula is C19H21N7O3S. The lowest BCUT2D eigenvalue weighted by atomic mass is 10.2. The Morgan fingerprint density at radius 2 is 2.23 bits per heavy atom. The van der Waals surface area contributed by atoms with Crippen molar-refractivity contribution in [2.45, 2.75) is 23.0 Å². The molecule has 11 heteroatoms. The molecule has 30 heavy (non-hydrogen) atoms. The van der Waals surface area contributed by atoms with Gasteiger partial charge in [-0.25, -0.2) is 20.4 Å². The van der Waals surface area contributed by atoms with Gasteiger partial charge < -0.3 is 20.4 Å². The number of hydroxylamine groups is 1. The number of hydrogen-bond acceptors (Lipinski definition) is 9. The van der Waals surface area contributed by atoms with Gasteiger partial charge in [0.25, 0.3) is 0 Å². The number of terminal acetylenes is 1. The number of fused-ring (bicyclic) bond motifs is 1. The summed E-state index contributed by atoms with van der Waals surface area (Å²) in [6, 6.07) is 5.47. The summed E-state index contributed by atoms with van der Waals surface area (Å²) in [5, 5.41) is 12.3. The third-order valence-corrected chi connectivity index (χ3v) is 5.29. The number of rotatable bonds is 9. The van der Waals surface area contributed by atoms with Crippen LogP contribution in [-0.4, -0.2) is 50.8 Å². The summed E-state index contributed by atoms with van der Waals surface area (Å²) < 4.78 is 7.22. The minimum absolute atomic E-state index is 0.160. The first kappa shape index (κ1) is 21.4. The van der Waals surface area contributed by atoms with E-state index in [0.717, 1.165) is 4.90 Å². The molecule has 0 fully saturated rings. The van der Waals surface area contributed by atoms with Crippen LogP contribution in [0.15, 0.2) is 34.6 Å². The fourth-order valence-electron chi connectivity index (χ4n) is 2.72. The first-order valence-corrected chi connectivity index (χ1v) is 9.82. The fourth-order valence-corrected chi connectivity index (χ4v) is 3.75. The van der Waals surface area contributed by atoms with Crippen molar-refractivity contribution >= 4 is 34.7 Å². The topological polar surface area (TPSA) is 140 Å². The van der Waals surface area contributed by atoms with E-state index in [9.17, 15) is 4.79 Å². The molecule has 156 valence electrons. The van der Waals surface area contributed by atoms with Gasteiger partial charge in [-0.3, -0.25) is 10.0 Å². The van der Waals surface area contributed by atoms with E-state index >= 15 is 0 Å². The van der Waals surface area contributed by atoms with Crippen LogP contribution in [0.2, 0.25) is 0 Å². The molecule has 0 aliphatic rings. The lowest BCUT2D eigenvalue weighted by molar-refractivity contribution is -0.129. The lowest BCUT2D eigenvalue weighted by Gasteiger charge is -2.11. The Morgan fingerprint density at radius 3 is 2.97 bits per heavy atom. The van der Waals surface area contributed by atoms with Crippen LogP contribution in [-0.2, 0) is 11.3 Å². The molecule has 3 aromatic rings. The molecule has 0 aliphatic carbocycles. The third kappa shape index (κ3) is 4.80. The second kappa shape index (κ2) is 9.93. The molecular weight excluding hydrogens is 406 g/mol. The normalized spacial score (nSPS) is 10.7. The van der Waals surface area contributed by atoms with Gasteiger partial charge in [-0.15, -0.1) is 6.42 Å². The van der Waals surface area contributed by atoms with E-state index in [-0.39, 0.29) is 12.2 Å². The van der Waals surface area contributed by atoms with Crippen LogP contribution in [0.3, 0.4) is 0 Å². The third-order valence-electron chi connectivity index (χ3n) is 4.24. The second-order valence-electron chi connectivity index (χ2n) is 6.12. The maximum absolute atomic E-state index is 11.1. The zero-order chi connectivity index (χ0) is 21.5. The van der Waals surface area contributed by atoms with E-state index in [4.69, 9.17) is 22.1 Å². The maximum Gasteiger partial charge on any atom is 0.244 e. The predicted molar refractivity (Wildman–Crippen MR) is 112 cm³/mol. The molecule has 5 N–H and O–H groups in total. The van der Waals surface area contributed by atoms with Crippen molar-refractivity contribution in [1.82, 2.24) is 30.3 Å². The van der Waals surface area contributed by atoms with E-state index in [0.29, 0.717) is 47.3 Å². The van der Waals surface area contributed by atoms with Crippen LogP contribution in [0.5, 0.6) is 5.75 Å². The predicted octanol–water partition coefficient (Wildman–Crippen LogP) is 1.03. The molecule has 0 spiro atoms. The summed E-state index contributed by atoms with van der Waals surface area (Å²) in [4.78, 5) is 24.9. The van der Waals surface area contributed by atoms with E-state index < -0.39 is 5.91 Å². The highest BCUT2D eigenvalue weighted by Crippen LogP contribution is 2.34. The molecule has 0 aliphatic heterocycles. The number of nitrogens with zero attached hydrogens (tertiary/aromatic N) is 4. The Hall–Kier alpha value is -3.33. The minimum atomic E-state index is -0.452. The van der Waals surface area contributed by atoms with Crippen molar-refractivity contribution in [3.63, 3.8) is 0 Å². The summed E-state index contributed by atoms with van der Waals surface area (Å²) in [5.74, 6) is 3.19. The average molecular weight is 427 g/mol. The molecule has 0 radical (unpaired) electrons. The number of carbonyl (C=O) groups is 1. The molecule has 2 aromatic heterocycles. The summed E-state index contributed by atoms with van der Waals surface area (Å²) in [6.45, 7) is 1.48. The number of ether oxygens (including phenoxy) is 1. The zero-order valence-corrected chi connectivity index (χ0v) is 17.1. The van der Waals surface area contributed by atoms with Crippen molar-refractivity contribution in [2.75, 3.05) is 25.9 Å². The number of anilines is 1. The molecule has 1 aromatic carbocycles. The quantitative estimate of drug-likeness (QED) is 0.171. The van der Waals surface area contributed by atoms with Crippen LogP contribution in [0.25, 0.3) is 11.2 Å². The number of nitrogens with two attached hydrogens (primary N) is 1. The van der Waals surface area contributed by atoms with Gasteiger partial charge in [0.1, 0.15) is 12.1 Å². The van der Waals surface area contributed by atoms with Crippen molar-refractivity contribution in [3.8, 4) is 18.1 Å². The van der Waals surface area contributed by atoms with Crippen LogP contribution in [0.4, 0.5) is 5.82 Å². The van der Waals surface area contributed by atoms with Gasteiger partial charge in [0.05, 0.1) is 7.11 Å². The van der Waals surface area contributed by atoms with Gasteiger partial charge in [-0.1, -0.05) is 17.7 Å². The number of benzene rings is 1. The molecule has 0 saturated heterocycles. The Balaban J connectivity index is 1.87. The second-order valence-corrected chi connectivity index (χ2v) is 7.13. The van der Waals surface area contributed by atoms with E-state index in [1.54, 1.807) is 18.7 Å². The number of nitrogen functional groups attached to an aromatic ring is 1. The summed E-state index contributed by atoms with van der Waals surface area (Å²) in [5.41, 5.74) is 9.41. The SMILES string of the molecule is C#Cc1ccc(OC)cc1Sc1nc2c(N)ncnc2n1CCNCCC(=O)NO. The summed E-state index contributed by atoms with van der Waals surface area (Å²) in [7, 11) is 1.59. The van der Waals surface area contributed by atoms with Gasteiger partial charge in [0, 0.05) is 36.5 Å². The van der Waals surface area contributed by atoms with Crippen LogP contribution < -0.4 is 21.3 Å². The first-order valence-electron chi connectivity index (χ1n) is 9.00. The van der Waals surface area contributed by atoms with E-state index in [1.807, 2.05) is 16.7 Å². The molecule has 0 unspecified atom stereocenters. The molecule has 2 heterocycles. The number of carbonyl (C=O) groups excluding carboxylic acids is 1. The summed E-state index contributed by atoms with van der Waals surface area (Å²) >= 11 is 1.38. The van der Waals surface area contributed by atoms with Gasteiger partial charge >= 0.3 is 0 Å². The Kier molecular flexibility index (Phi) is 7.08. The molecule has 0 saturated carbocycles. The lowest BCUT2D eigenvalue weighted by Crippen LogP contribution is -2.27. The van der Waals surface area contributed by atoms with Crippen molar-refractivity contribution in [2.24, 2.45) is 0 Å². The largest absolute Gasteiger partial charge is 0.497 e. The standard InChI is InChI=1S/C19H21N7O3S/c1-3-12-4-5-13(29-2)10-14(12)30-19-24-16-17(20)22-11-23-18(16)26(19)9-8-21-7-6-15(27)25-28/h1,4-5,10-11,21,28H,6-9H2,2H3,(H,25,27)(H2,20,22,23). The minimum Gasteiger partial charge on any atom is -0.497 e. The first-order chi connectivity index (χ1) is 14.6. The number of aromatic nitrogens is 4. The monoisotopic (exact) mass is 427 g/mol. The highest BCUT2D eigenvalue weighted by Gasteiger charge is 2.17. The van der Waals surface area contributed by atoms with Gasteiger partial charge in [-0.05, 0) is 18.2 Å². The average Bonchev–Trinajstić information content (AvgIpc) is 3.11. The van der Waals surface area contributed by atoms with Crippen molar-refractivity contribution < 1.29 is 14.7 Å². The van der Waals surface area contributed by atoms with Crippen LogP contribution >= 0.6 is 11.8 Å². The Labute approximate surface area is 177 Å². The number of hydrogen-bond donors (Lipinski definition) is 4. The Bertz CT molecular complexity index is 1090. The number of imidazole rings is 1. The van der Waals surface area contributed by atoms with E-state index in [2.05, 4.69) is 26.2 Å². The Morgan fingerprint density at radius 1 is 1.40 bits per heavy atom. The van der Waals surface area contributed by atoms with E-state index in [1.165, 1.54) is 18.1 Å². The van der Waals surface area contributed by atoms with Crippen LogP contribution in [0, 0.1) is 12.3 Å². The smallest absolute Gasteiger partial charge is 0.244 e. The zero-order valence-electron chi connectivity index (χ0n) is 16.3. The van der Waals surface area contributed by atoms with Gasteiger partial charge in [-0.2, -0.15) is 0 Å². The summed E-state index contributed by atoms with van der Waals surface area (Å²) in [6.07, 6.45) is 7.20. The number of amides is 1. The highest BCUT2D eigenvalue weighted by molar-refractivity contribution is 7.99. The molecule has 3 rings (SSSR count). The maximum atomic E-state index is 11.1. The molecule has 0 bridgehead atoms. The van der Waals surface area contributed by atoms with Gasteiger partial charge in [0.2, 0.25) is 5.91 Å². The molecule has 1 amide bonds. The van der Waals surface area contributed by atoms with Gasteiger partial charge in [0.15, 0.2) is 22.1 Å².